The molecule has 134 valence electrons. The van der Waals surface area contributed by atoms with E-state index in [9.17, 15) is 0 Å². The summed E-state index contributed by atoms with van der Waals surface area (Å²) in [6.45, 7) is 5.27. The molecule has 1 aromatic rings. The highest BCUT2D eigenvalue weighted by molar-refractivity contribution is 6.30. The summed E-state index contributed by atoms with van der Waals surface area (Å²) < 4.78 is 5.66. The molecule has 2 unspecified atom stereocenters. The summed E-state index contributed by atoms with van der Waals surface area (Å²) in [6.07, 6.45) is 2.58. The van der Waals surface area contributed by atoms with Crippen LogP contribution < -0.4 is 10.6 Å². The Bertz CT molecular complexity index is 512. The number of hydrogen-bond acceptors (Lipinski definition) is 3. The first kappa shape index (κ1) is 19.0. The third kappa shape index (κ3) is 5.96. The van der Waals surface area contributed by atoms with Gasteiger partial charge in [0.05, 0.1) is 18.7 Å². The smallest absolute Gasteiger partial charge is 0.191 e. The molecule has 0 bridgehead atoms. The molecule has 6 heteroatoms. The summed E-state index contributed by atoms with van der Waals surface area (Å²) in [4.78, 5) is 6.94. The van der Waals surface area contributed by atoms with Crippen molar-refractivity contribution in [2.75, 3.05) is 40.3 Å². The maximum absolute atomic E-state index is 6.00. The van der Waals surface area contributed by atoms with Gasteiger partial charge in [0, 0.05) is 24.7 Å². The number of aliphatic imine (C=N–C) groups is 1. The second-order valence-corrected chi connectivity index (χ2v) is 6.70. The Labute approximate surface area is 150 Å². The van der Waals surface area contributed by atoms with Gasteiger partial charge >= 0.3 is 0 Å². The lowest BCUT2D eigenvalue weighted by Crippen LogP contribution is -2.41. The van der Waals surface area contributed by atoms with Crippen molar-refractivity contribution in [3.05, 3.63) is 34.9 Å². The molecule has 0 aromatic heterocycles. The Morgan fingerprint density at radius 1 is 1.33 bits per heavy atom. The molecule has 1 saturated heterocycles. The number of halogens is 1. The fraction of sp³-hybridized carbons (Fsp3) is 0.611. The van der Waals surface area contributed by atoms with Crippen molar-refractivity contribution in [2.45, 2.75) is 31.9 Å². The van der Waals surface area contributed by atoms with Gasteiger partial charge in [0.1, 0.15) is 0 Å². The van der Waals surface area contributed by atoms with E-state index in [0.717, 1.165) is 43.5 Å². The Morgan fingerprint density at radius 2 is 2.08 bits per heavy atom. The molecule has 1 heterocycles. The highest BCUT2D eigenvalue weighted by atomic mass is 35.5. The molecule has 2 N–H and O–H groups in total. The van der Waals surface area contributed by atoms with E-state index in [0.29, 0.717) is 12.6 Å². The fourth-order valence-corrected chi connectivity index (χ4v) is 2.91. The van der Waals surface area contributed by atoms with Crippen LogP contribution in [0.4, 0.5) is 0 Å². The number of hydrogen-bond donors (Lipinski definition) is 2. The van der Waals surface area contributed by atoms with E-state index in [4.69, 9.17) is 21.3 Å². The van der Waals surface area contributed by atoms with E-state index in [1.54, 1.807) is 0 Å². The molecule has 1 aromatic carbocycles. The van der Waals surface area contributed by atoms with Crippen LogP contribution in [0, 0.1) is 0 Å². The molecular weight excluding hydrogens is 324 g/mol. The van der Waals surface area contributed by atoms with Crippen molar-refractivity contribution in [1.82, 2.24) is 15.5 Å². The molecule has 1 aliphatic rings. The molecule has 0 spiro atoms. The zero-order valence-electron chi connectivity index (χ0n) is 14.9. The number of benzene rings is 1. The average molecular weight is 353 g/mol. The van der Waals surface area contributed by atoms with Gasteiger partial charge in [-0.15, -0.1) is 0 Å². The summed E-state index contributed by atoms with van der Waals surface area (Å²) in [6, 6.07) is 8.20. The van der Waals surface area contributed by atoms with Crippen molar-refractivity contribution < 1.29 is 4.74 Å². The topological polar surface area (TPSA) is 48.9 Å². The molecule has 1 aliphatic heterocycles. The van der Waals surface area contributed by atoms with Gasteiger partial charge in [-0.1, -0.05) is 23.7 Å². The number of likely N-dealkylation sites (N-methyl/N-ethyl adjacent to an activating group) is 1. The summed E-state index contributed by atoms with van der Waals surface area (Å²) in [5.74, 6) is 0.841. The molecule has 2 atom stereocenters. The minimum absolute atomic E-state index is 0.209. The quantitative estimate of drug-likeness (QED) is 0.585. The van der Waals surface area contributed by atoms with Gasteiger partial charge in [-0.2, -0.15) is 0 Å². The Kier molecular flexibility index (Phi) is 7.82. The minimum atomic E-state index is 0.209. The first-order valence-corrected chi connectivity index (χ1v) is 9.03. The number of nitrogens with zero attached hydrogens (tertiary/aromatic N) is 2. The van der Waals surface area contributed by atoms with Gasteiger partial charge in [-0.25, -0.2) is 0 Å². The van der Waals surface area contributed by atoms with Crippen molar-refractivity contribution in [3.8, 4) is 0 Å². The van der Waals surface area contributed by atoms with Crippen LogP contribution in [-0.2, 0) is 4.74 Å². The zero-order chi connectivity index (χ0) is 17.4. The maximum atomic E-state index is 6.00. The lowest BCUT2D eigenvalue weighted by Gasteiger charge is -2.24. The first-order chi connectivity index (χ1) is 11.6. The molecule has 0 amide bonds. The third-order valence-electron chi connectivity index (χ3n) is 4.17. The van der Waals surface area contributed by atoms with Crippen LogP contribution in [0.3, 0.4) is 0 Å². The predicted molar refractivity (Wildman–Crippen MR) is 101 cm³/mol. The fourth-order valence-electron chi connectivity index (χ4n) is 2.79. The number of ether oxygens (including phenoxy) is 1. The van der Waals surface area contributed by atoms with E-state index in [2.05, 4.69) is 48.7 Å². The van der Waals surface area contributed by atoms with Crippen LogP contribution >= 0.6 is 11.6 Å². The average Bonchev–Trinajstić information content (AvgIpc) is 3.07. The van der Waals surface area contributed by atoms with Crippen LogP contribution in [0.2, 0.25) is 5.02 Å². The maximum Gasteiger partial charge on any atom is 0.191 e. The van der Waals surface area contributed by atoms with E-state index in [1.807, 2.05) is 12.1 Å². The molecule has 0 radical (unpaired) electrons. The van der Waals surface area contributed by atoms with E-state index in [-0.39, 0.29) is 6.04 Å². The van der Waals surface area contributed by atoms with E-state index >= 15 is 0 Å². The van der Waals surface area contributed by atoms with Crippen LogP contribution in [0.1, 0.15) is 31.4 Å². The largest absolute Gasteiger partial charge is 0.376 e. The third-order valence-corrected chi connectivity index (χ3v) is 4.42. The Hall–Kier alpha value is -1.30. The van der Waals surface area contributed by atoms with E-state index < -0.39 is 0 Å². The number of guanidine groups is 1. The lowest BCUT2D eigenvalue weighted by atomic mass is 10.1. The van der Waals surface area contributed by atoms with Gasteiger partial charge in [-0.05, 0) is 51.6 Å². The normalized spacial score (nSPS) is 19.5. The second-order valence-electron chi connectivity index (χ2n) is 6.27. The minimum Gasteiger partial charge on any atom is -0.376 e. The zero-order valence-corrected chi connectivity index (χ0v) is 15.6. The first-order valence-electron chi connectivity index (χ1n) is 8.65. The van der Waals surface area contributed by atoms with Crippen LogP contribution in [0.15, 0.2) is 29.3 Å². The molecular formula is C18H29ClN4O. The second kappa shape index (κ2) is 9.87. The van der Waals surface area contributed by atoms with Gasteiger partial charge in [0.15, 0.2) is 5.96 Å². The number of rotatable bonds is 7. The monoisotopic (exact) mass is 352 g/mol. The summed E-state index contributed by atoms with van der Waals surface area (Å²) >= 11 is 6.00. The molecule has 0 aliphatic carbocycles. The molecule has 1 fully saturated rings. The summed E-state index contributed by atoms with van der Waals surface area (Å²) in [5.41, 5.74) is 1.21. The molecule has 5 nitrogen and oxygen atoms in total. The van der Waals surface area contributed by atoms with Crippen molar-refractivity contribution >= 4 is 17.6 Å². The SMILES string of the molecule is CCNC(=NCC(c1ccc(Cl)cc1)N(C)C)NCC1CCCO1. The van der Waals surface area contributed by atoms with E-state index in [1.165, 1.54) is 5.56 Å². The lowest BCUT2D eigenvalue weighted by molar-refractivity contribution is 0.114. The van der Waals surface area contributed by atoms with Gasteiger partial charge in [0.2, 0.25) is 0 Å². The Balaban J connectivity index is 1.98. The van der Waals surface area contributed by atoms with Crippen molar-refractivity contribution in [2.24, 2.45) is 4.99 Å². The van der Waals surface area contributed by atoms with Crippen molar-refractivity contribution in [1.29, 1.82) is 0 Å². The standard InChI is InChI=1S/C18H29ClN4O/c1-4-20-18(21-12-16-6-5-11-24-16)22-13-17(23(2)3)14-7-9-15(19)10-8-14/h7-10,16-17H,4-6,11-13H2,1-3H3,(H2,20,21,22). The predicted octanol–water partition coefficient (Wildman–Crippen LogP) is 2.68. The number of nitrogens with one attached hydrogen (secondary N) is 2. The highest BCUT2D eigenvalue weighted by Crippen LogP contribution is 2.20. The summed E-state index contributed by atoms with van der Waals surface area (Å²) in [5, 5.41) is 7.45. The van der Waals surface area contributed by atoms with Gasteiger partial charge < -0.3 is 20.3 Å². The summed E-state index contributed by atoms with van der Waals surface area (Å²) in [7, 11) is 4.14. The van der Waals surface area contributed by atoms with Crippen LogP contribution in [0.5, 0.6) is 0 Å². The van der Waals surface area contributed by atoms with Crippen LogP contribution in [0.25, 0.3) is 0 Å². The molecule has 2 rings (SSSR count). The molecule has 24 heavy (non-hydrogen) atoms. The molecule has 0 saturated carbocycles. The van der Waals surface area contributed by atoms with Gasteiger partial charge in [0.25, 0.3) is 0 Å². The highest BCUT2D eigenvalue weighted by Gasteiger charge is 2.17. The van der Waals surface area contributed by atoms with Gasteiger partial charge in [-0.3, -0.25) is 4.99 Å². The Morgan fingerprint density at radius 3 is 2.67 bits per heavy atom. The van der Waals surface area contributed by atoms with Crippen LogP contribution in [-0.4, -0.2) is 57.3 Å². The van der Waals surface area contributed by atoms with Crippen molar-refractivity contribution in [3.63, 3.8) is 0 Å².